The number of ether oxygens (including phenoxy) is 2. The van der Waals surface area contributed by atoms with Crippen molar-refractivity contribution in [1.82, 2.24) is 0 Å². The Morgan fingerprint density at radius 3 is 2.09 bits per heavy atom. The quantitative estimate of drug-likeness (QED) is 0.404. The molecule has 11 heteroatoms. The number of hydrogen-bond donors (Lipinski definition) is 2. The van der Waals surface area contributed by atoms with Crippen molar-refractivity contribution < 1.29 is 32.6 Å². The fourth-order valence-corrected chi connectivity index (χ4v) is 4.95. The van der Waals surface area contributed by atoms with Gasteiger partial charge in [-0.05, 0) is 48.9 Å². The first kappa shape index (κ1) is 25.4. The third kappa shape index (κ3) is 5.82. The minimum atomic E-state index is -4.32. The maximum absolute atomic E-state index is 14.0. The van der Waals surface area contributed by atoms with Crippen molar-refractivity contribution in [1.29, 1.82) is 0 Å². The number of amides is 1. The normalized spacial score (nSPS) is 10.9. The lowest BCUT2D eigenvalue weighted by atomic mass is 10.2. The first-order valence-electron chi connectivity index (χ1n) is 10.4. The molecule has 10 nitrogen and oxygen atoms in total. The van der Waals surface area contributed by atoms with E-state index in [-0.39, 0.29) is 28.5 Å². The van der Waals surface area contributed by atoms with Crippen LogP contribution < -0.4 is 29.9 Å². The van der Waals surface area contributed by atoms with E-state index in [4.69, 9.17) is 15.2 Å². The van der Waals surface area contributed by atoms with Crippen LogP contribution in [-0.2, 0) is 19.6 Å². The largest absolute Gasteiger partial charge is 0.550 e. The summed E-state index contributed by atoms with van der Waals surface area (Å²) in [5.41, 5.74) is 6.96. The topological polar surface area (TPSA) is 151 Å². The van der Waals surface area contributed by atoms with Gasteiger partial charge < -0.3 is 30.4 Å². The molecule has 0 aliphatic carbocycles. The summed E-state index contributed by atoms with van der Waals surface area (Å²) in [4.78, 5) is 22.7. The van der Waals surface area contributed by atoms with Gasteiger partial charge in [-0.2, -0.15) is 0 Å². The van der Waals surface area contributed by atoms with Gasteiger partial charge in [0.15, 0.2) is 0 Å². The highest BCUT2D eigenvalue weighted by Crippen LogP contribution is 2.40. The number of carbonyl (C=O) groups excluding carboxylic acids is 2. The maximum atomic E-state index is 14.0. The number of sulfonamides is 1. The second-order valence-corrected chi connectivity index (χ2v) is 9.08. The summed E-state index contributed by atoms with van der Waals surface area (Å²) in [5, 5.41) is 13.2. The minimum Gasteiger partial charge on any atom is -0.550 e. The summed E-state index contributed by atoms with van der Waals surface area (Å²) in [5.74, 6) is -1.93. The van der Waals surface area contributed by atoms with Crippen LogP contribution in [0.5, 0.6) is 11.5 Å². The van der Waals surface area contributed by atoms with Crippen molar-refractivity contribution >= 4 is 44.6 Å². The first-order valence-corrected chi connectivity index (χ1v) is 11.8. The number of nitrogen functional groups attached to an aromatic ring is 1. The molecule has 3 aromatic carbocycles. The molecular formula is C24H24N3O7S-. The van der Waals surface area contributed by atoms with E-state index in [1.165, 1.54) is 26.4 Å². The second kappa shape index (κ2) is 10.8. The van der Waals surface area contributed by atoms with Crippen LogP contribution in [-0.4, -0.2) is 34.5 Å². The zero-order chi connectivity index (χ0) is 25.6. The Bertz CT molecular complexity index is 1310. The van der Waals surface area contributed by atoms with E-state index in [2.05, 4.69) is 5.32 Å². The number of anilines is 4. The molecule has 0 radical (unpaired) electrons. The van der Waals surface area contributed by atoms with Gasteiger partial charge in [0.05, 0.1) is 31.3 Å². The average molecular weight is 499 g/mol. The van der Waals surface area contributed by atoms with Crippen LogP contribution >= 0.6 is 0 Å². The smallest absolute Gasteiger partial charge is 0.272 e. The summed E-state index contributed by atoms with van der Waals surface area (Å²) < 4.78 is 39.8. The summed E-state index contributed by atoms with van der Waals surface area (Å²) in [6, 6.07) is 17.2. The van der Waals surface area contributed by atoms with Gasteiger partial charge >= 0.3 is 0 Å². The van der Waals surface area contributed by atoms with Gasteiger partial charge in [-0.15, -0.1) is 0 Å². The van der Waals surface area contributed by atoms with E-state index in [1.807, 2.05) is 0 Å². The fourth-order valence-electron chi connectivity index (χ4n) is 3.30. The molecule has 0 unspecified atom stereocenters. The van der Waals surface area contributed by atoms with Crippen LogP contribution in [0.2, 0.25) is 0 Å². The molecule has 3 N–H and O–H groups in total. The van der Waals surface area contributed by atoms with Crippen LogP contribution in [0.3, 0.4) is 0 Å². The standard InChI is InChI=1S/C24H25N3O7S/c1-33-20-15-21(34-2)22(14-19(20)26-23(28)12-13-24(29)30)35(31,32)27(17-6-4-3-5-7-17)18-10-8-16(25)9-11-18/h3-11,14-15H,12-13,25H2,1-2H3,(H,26,28)(H,29,30)/p-1. The van der Waals surface area contributed by atoms with Crippen molar-refractivity contribution in [3.63, 3.8) is 0 Å². The molecule has 0 heterocycles. The van der Waals surface area contributed by atoms with E-state index in [0.29, 0.717) is 17.1 Å². The van der Waals surface area contributed by atoms with Gasteiger partial charge in [0.1, 0.15) is 16.4 Å². The van der Waals surface area contributed by atoms with E-state index >= 15 is 0 Å². The number of benzene rings is 3. The van der Waals surface area contributed by atoms with Crippen LogP contribution in [0.1, 0.15) is 12.8 Å². The van der Waals surface area contributed by atoms with Gasteiger partial charge in [-0.25, -0.2) is 12.7 Å². The van der Waals surface area contributed by atoms with E-state index in [0.717, 1.165) is 4.31 Å². The van der Waals surface area contributed by atoms with Gasteiger partial charge in [0.2, 0.25) is 5.91 Å². The zero-order valence-electron chi connectivity index (χ0n) is 19.1. The number of nitrogens with two attached hydrogens (primary N) is 1. The molecule has 0 aliphatic rings. The molecule has 0 saturated heterocycles. The minimum absolute atomic E-state index is 0.0223. The predicted octanol–water partition coefficient (Wildman–Crippen LogP) is 2.28. The molecule has 0 fully saturated rings. The Morgan fingerprint density at radius 1 is 0.914 bits per heavy atom. The fraction of sp³-hybridized carbons (Fsp3) is 0.167. The van der Waals surface area contributed by atoms with Crippen molar-refractivity contribution in [2.24, 2.45) is 0 Å². The summed E-state index contributed by atoms with van der Waals surface area (Å²) in [6.07, 6.45) is -0.852. The highest BCUT2D eigenvalue weighted by molar-refractivity contribution is 7.93. The van der Waals surface area contributed by atoms with Crippen molar-refractivity contribution in [2.75, 3.05) is 29.6 Å². The highest BCUT2D eigenvalue weighted by atomic mass is 32.2. The van der Waals surface area contributed by atoms with Gasteiger partial charge in [0, 0.05) is 24.1 Å². The lowest BCUT2D eigenvalue weighted by Crippen LogP contribution is -2.27. The Labute approximate surface area is 202 Å². The molecule has 0 spiro atoms. The highest BCUT2D eigenvalue weighted by Gasteiger charge is 2.31. The number of carboxylic acid groups (broad SMARTS) is 1. The molecule has 0 bridgehead atoms. The molecule has 184 valence electrons. The Kier molecular flexibility index (Phi) is 7.82. The molecule has 3 rings (SSSR count). The van der Waals surface area contributed by atoms with Crippen LogP contribution in [0, 0.1) is 0 Å². The third-order valence-corrected chi connectivity index (χ3v) is 6.73. The van der Waals surface area contributed by atoms with Gasteiger partial charge in [-0.3, -0.25) is 4.79 Å². The lowest BCUT2D eigenvalue weighted by Gasteiger charge is -2.26. The molecule has 0 saturated carbocycles. The van der Waals surface area contributed by atoms with Crippen LogP contribution in [0.4, 0.5) is 22.7 Å². The number of carboxylic acids is 1. The number of nitrogens with one attached hydrogen (secondary N) is 1. The Balaban J connectivity index is 2.16. The van der Waals surface area contributed by atoms with Crippen LogP contribution in [0.15, 0.2) is 71.6 Å². The predicted molar refractivity (Wildman–Crippen MR) is 129 cm³/mol. The molecule has 1 amide bonds. The Morgan fingerprint density at radius 2 is 1.51 bits per heavy atom. The van der Waals surface area contributed by atoms with Crippen molar-refractivity contribution in [3.8, 4) is 11.5 Å². The molecule has 0 aliphatic heterocycles. The number of methoxy groups -OCH3 is 2. The molecule has 0 atom stereocenters. The van der Waals surface area contributed by atoms with E-state index < -0.39 is 28.3 Å². The van der Waals surface area contributed by atoms with Gasteiger partial charge in [-0.1, -0.05) is 18.2 Å². The average Bonchev–Trinajstić information content (AvgIpc) is 2.84. The third-order valence-electron chi connectivity index (χ3n) is 4.95. The molecule has 35 heavy (non-hydrogen) atoms. The van der Waals surface area contributed by atoms with E-state index in [1.54, 1.807) is 54.6 Å². The molecule has 3 aromatic rings. The monoisotopic (exact) mass is 498 g/mol. The number of carbonyl (C=O) groups is 2. The lowest BCUT2D eigenvalue weighted by molar-refractivity contribution is -0.305. The number of rotatable bonds is 10. The summed E-state index contributed by atoms with van der Waals surface area (Å²) >= 11 is 0. The first-order chi connectivity index (χ1) is 16.7. The summed E-state index contributed by atoms with van der Waals surface area (Å²) in [6.45, 7) is 0. The molecule has 0 aromatic heterocycles. The number of para-hydroxylation sites is 1. The SMILES string of the molecule is COc1cc(OC)c(S(=O)(=O)N(c2ccccc2)c2ccc(N)cc2)cc1NC(=O)CCC(=O)[O-]. The second-order valence-electron chi connectivity index (χ2n) is 7.32. The number of hydrogen-bond acceptors (Lipinski definition) is 8. The van der Waals surface area contributed by atoms with Crippen molar-refractivity contribution in [2.45, 2.75) is 17.7 Å². The molecular weight excluding hydrogens is 474 g/mol. The van der Waals surface area contributed by atoms with Gasteiger partial charge in [0.25, 0.3) is 10.0 Å². The van der Waals surface area contributed by atoms with E-state index in [9.17, 15) is 23.1 Å². The maximum Gasteiger partial charge on any atom is 0.272 e. The summed E-state index contributed by atoms with van der Waals surface area (Å²) in [7, 11) is -1.67. The number of aliphatic carboxylic acids is 1. The van der Waals surface area contributed by atoms with Crippen LogP contribution in [0.25, 0.3) is 0 Å². The Hall–Kier alpha value is -4.25. The van der Waals surface area contributed by atoms with Crippen molar-refractivity contribution in [3.05, 3.63) is 66.7 Å². The number of nitrogens with zero attached hydrogens (tertiary/aromatic N) is 1. The zero-order valence-corrected chi connectivity index (χ0v) is 19.9.